The summed E-state index contributed by atoms with van der Waals surface area (Å²) in [7, 11) is 3.03. The molecule has 0 aliphatic rings. The molecule has 7 heteroatoms. The van der Waals surface area contributed by atoms with Gasteiger partial charge in [-0.05, 0) is 18.2 Å². The molecule has 0 atom stereocenters. The van der Waals surface area contributed by atoms with Gasteiger partial charge >= 0.3 is 0 Å². The molecule has 0 amide bonds. The zero-order valence-corrected chi connectivity index (χ0v) is 13.4. The van der Waals surface area contributed by atoms with Crippen LogP contribution in [0.15, 0.2) is 42.5 Å². The van der Waals surface area contributed by atoms with Crippen LogP contribution in [0, 0.1) is 0 Å². The maximum absolute atomic E-state index is 9.84. The van der Waals surface area contributed by atoms with Crippen molar-refractivity contribution in [2.24, 2.45) is 0 Å². The molecule has 23 heavy (non-hydrogen) atoms. The summed E-state index contributed by atoms with van der Waals surface area (Å²) < 4.78 is 10.5. The van der Waals surface area contributed by atoms with Gasteiger partial charge in [-0.3, -0.25) is 0 Å². The normalized spacial score (nSPS) is 10.3. The van der Waals surface area contributed by atoms with Crippen molar-refractivity contribution in [3.8, 4) is 27.8 Å². The fourth-order valence-electron chi connectivity index (χ4n) is 2.08. The summed E-state index contributed by atoms with van der Waals surface area (Å²) >= 11 is 1.38. The van der Waals surface area contributed by atoms with Crippen LogP contribution < -0.4 is 14.8 Å². The average Bonchev–Trinajstić information content (AvgIpc) is 3.03. The molecular weight excluding hydrogens is 314 g/mol. The number of hydrogen-bond donors (Lipinski definition) is 2. The average molecular weight is 329 g/mol. The molecule has 0 aliphatic carbocycles. The second-order valence-electron chi connectivity index (χ2n) is 4.63. The minimum Gasteiger partial charge on any atom is -0.504 e. The van der Waals surface area contributed by atoms with E-state index in [-0.39, 0.29) is 5.75 Å². The van der Waals surface area contributed by atoms with Gasteiger partial charge in [0.2, 0.25) is 5.13 Å². The zero-order chi connectivity index (χ0) is 16.2. The molecular formula is C16H15N3O3S. The van der Waals surface area contributed by atoms with E-state index in [0.717, 1.165) is 5.69 Å². The Balaban J connectivity index is 1.93. The van der Waals surface area contributed by atoms with Gasteiger partial charge in [-0.15, -0.1) is 10.2 Å². The van der Waals surface area contributed by atoms with Gasteiger partial charge < -0.3 is 19.9 Å². The number of phenols is 1. The molecule has 0 radical (unpaired) electrons. The number of benzene rings is 2. The third-order valence-corrected chi connectivity index (χ3v) is 4.05. The predicted octanol–water partition coefficient (Wildman–Crippen LogP) is 3.67. The summed E-state index contributed by atoms with van der Waals surface area (Å²) in [6, 6.07) is 12.9. The van der Waals surface area contributed by atoms with Gasteiger partial charge in [0.05, 0.1) is 19.8 Å². The van der Waals surface area contributed by atoms with Gasteiger partial charge in [0, 0.05) is 11.8 Å². The van der Waals surface area contributed by atoms with Crippen LogP contribution in [0.1, 0.15) is 0 Å². The molecule has 0 spiro atoms. The van der Waals surface area contributed by atoms with Gasteiger partial charge in [-0.1, -0.05) is 29.5 Å². The number of para-hydroxylation sites is 1. The molecule has 2 aromatic carbocycles. The molecule has 0 bridgehead atoms. The quantitative estimate of drug-likeness (QED) is 0.744. The summed E-state index contributed by atoms with van der Waals surface area (Å²) in [6.07, 6.45) is 0. The van der Waals surface area contributed by atoms with E-state index >= 15 is 0 Å². The smallest absolute Gasteiger partial charge is 0.210 e. The lowest BCUT2D eigenvalue weighted by atomic mass is 10.2. The van der Waals surface area contributed by atoms with Crippen LogP contribution in [0.25, 0.3) is 10.6 Å². The minimum absolute atomic E-state index is 0.0141. The number of aromatic nitrogens is 2. The number of aromatic hydroxyl groups is 1. The van der Waals surface area contributed by atoms with Crippen molar-refractivity contribution in [1.82, 2.24) is 10.2 Å². The van der Waals surface area contributed by atoms with Crippen LogP contribution >= 0.6 is 11.3 Å². The third kappa shape index (κ3) is 3.19. The van der Waals surface area contributed by atoms with Crippen LogP contribution in [0.4, 0.5) is 10.8 Å². The first-order valence-electron chi connectivity index (χ1n) is 6.82. The molecule has 2 N–H and O–H groups in total. The van der Waals surface area contributed by atoms with E-state index in [4.69, 9.17) is 9.47 Å². The number of ether oxygens (including phenoxy) is 2. The molecule has 1 heterocycles. The van der Waals surface area contributed by atoms with Crippen molar-refractivity contribution in [2.75, 3.05) is 19.5 Å². The summed E-state index contributed by atoms with van der Waals surface area (Å²) in [5.74, 6) is 0.875. The van der Waals surface area contributed by atoms with E-state index in [1.165, 1.54) is 31.6 Å². The lowest BCUT2D eigenvalue weighted by Gasteiger charge is -2.09. The standard InChI is InChI=1S/C16H15N3O3S/c1-21-13-9-12(20)14(22-2)8-11(13)15-18-19-16(23-15)17-10-6-4-3-5-7-10/h3-9,20H,1-2H3,(H,17,19). The fraction of sp³-hybridized carbons (Fsp3) is 0.125. The number of nitrogens with zero attached hydrogens (tertiary/aromatic N) is 2. The number of phenolic OH excluding ortho intramolecular Hbond substituents is 1. The highest BCUT2D eigenvalue weighted by Crippen LogP contribution is 2.41. The van der Waals surface area contributed by atoms with Gasteiger partial charge in [-0.2, -0.15) is 0 Å². The van der Waals surface area contributed by atoms with E-state index in [2.05, 4.69) is 15.5 Å². The summed E-state index contributed by atoms with van der Waals surface area (Å²) in [5.41, 5.74) is 1.64. The SMILES string of the molecule is COc1cc(-c2nnc(Nc3ccccc3)s2)c(OC)cc1O. The number of anilines is 2. The number of nitrogens with one attached hydrogen (secondary N) is 1. The highest BCUT2D eigenvalue weighted by atomic mass is 32.1. The van der Waals surface area contributed by atoms with Crippen LogP contribution in [0.2, 0.25) is 0 Å². The van der Waals surface area contributed by atoms with E-state index in [9.17, 15) is 5.11 Å². The van der Waals surface area contributed by atoms with Gasteiger partial charge in [0.15, 0.2) is 16.5 Å². The minimum atomic E-state index is 0.0141. The van der Waals surface area contributed by atoms with E-state index in [1.807, 2.05) is 30.3 Å². The van der Waals surface area contributed by atoms with E-state index in [0.29, 0.717) is 27.2 Å². The Morgan fingerprint density at radius 2 is 1.74 bits per heavy atom. The van der Waals surface area contributed by atoms with Crippen molar-refractivity contribution in [1.29, 1.82) is 0 Å². The molecule has 0 saturated carbocycles. The molecule has 0 aliphatic heterocycles. The van der Waals surface area contributed by atoms with Crippen molar-refractivity contribution < 1.29 is 14.6 Å². The Labute approximate surface area is 137 Å². The van der Waals surface area contributed by atoms with Crippen LogP contribution in [-0.2, 0) is 0 Å². The highest BCUT2D eigenvalue weighted by molar-refractivity contribution is 7.18. The molecule has 0 fully saturated rings. The number of rotatable bonds is 5. The third-order valence-electron chi connectivity index (χ3n) is 3.18. The molecule has 3 rings (SSSR count). The van der Waals surface area contributed by atoms with Crippen molar-refractivity contribution in [2.45, 2.75) is 0 Å². The van der Waals surface area contributed by atoms with Gasteiger partial charge in [-0.25, -0.2) is 0 Å². The van der Waals surface area contributed by atoms with Crippen LogP contribution in [-0.4, -0.2) is 29.5 Å². The van der Waals surface area contributed by atoms with E-state index in [1.54, 1.807) is 6.07 Å². The second kappa shape index (κ2) is 6.53. The summed E-state index contributed by atoms with van der Waals surface area (Å²) in [5, 5.41) is 22.7. The Bertz CT molecular complexity index is 806. The van der Waals surface area contributed by atoms with Crippen molar-refractivity contribution in [3.05, 3.63) is 42.5 Å². The van der Waals surface area contributed by atoms with Crippen molar-refractivity contribution >= 4 is 22.2 Å². The molecule has 118 valence electrons. The molecule has 1 aromatic heterocycles. The summed E-state index contributed by atoms with van der Waals surface area (Å²) in [6.45, 7) is 0. The first-order valence-corrected chi connectivity index (χ1v) is 7.64. The molecule has 6 nitrogen and oxygen atoms in total. The number of hydrogen-bond acceptors (Lipinski definition) is 7. The Morgan fingerprint density at radius 1 is 1.00 bits per heavy atom. The molecule has 0 saturated heterocycles. The Hall–Kier alpha value is -2.80. The first kappa shape index (κ1) is 15.1. The lowest BCUT2D eigenvalue weighted by Crippen LogP contribution is -1.91. The van der Waals surface area contributed by atoms with Gasteiger partial charge in [0.25, 0.3) is 0 Å². The Morgan fingerprint density at radius 3 is 2.43 bits per heavy atom. The second-order valence-corrected chi connectivity index (χ2v) is 5.61. The maximum Gasteiger partial charge on any atom is 0.210 e. The van der Waals surface area contributed by atoms with Gasteiger partial charge in [0.1, 0.15) is 5.75 Å². The van der Waals surface area contributed by atoms with Crippen LogP contribution in [0.3, 0.4) is 0 Å². The molecule has 0 unspecified atom stereocenters. The largest absolute Gasteiger partial charge is 0.504 e. The lowest BCUT2D eigenvalue weighted by molar-refractivity contribution is 0.366. The topological polar surface area (TPSA) is 76.5 Å². The predicted molar refractivity (Wildman–Crippen MR) is 89.8 cm³/mol. The number of methoxy groups -OCH3 is 2. The Kier molecular flexibility index (Phi) is 4.29. The van der Waals surface area contributed by atoms with E-state index < -0.39 is 0 Å². The first-order chi connectivity index (χ1) is 11.2. The maximum atomic E-state index is 9.84. The molecule has 3 aromatic rings. The fourth-order valence-corrected chi connectivity index (χ4v) is 2.86. The monoisotopic (exact) mass is 329 g/mol. The summed E-state index contributed by atoms with van der Waals surface area (Å²) in [4.78, 5) is 0. The highest BCUT2D eigenvalue weighted by Gasteiger charge is 2.16. The van der Waals surface area contributed by atoms with Crippen molar-refractivity contribution in [3.63, 3.8) is 0 Å². The zero-order valence-electron chi connectivity index (χ0n) is 12.6. The van der Waals surface area contributed by atoms with Crippen LogP contribution in [0.5, 0.6) is 17.2 Å².